The molecule has 0 aromatic heterocycles. The van der Waals surface area contributed by atoms with E-state index in [0.29, 0.717) is 17.1 Å². The first kappa shape index (κ1) is 11.6. The lowest BCUT2D eigenvalue weighted by Crippen LogP contribution is -2.13. The monoisotopic (exact) mass is 232 g/mol. The first-order chi connectivity index (χ1) is 6.88. The average Bonchev–Trinajstić information content (AvgIpc) is 2.07. The summed E-state index contributed by atoms with van der Waals surface area (Å²) in [4.78, 5) is 0. The Labute approximate surface area is 87.6 Å². The molecule has 0 aliphatic heterocycles. The van der Waals surface area contributed by atoms with Crippen molar-refractivity contribution in [3.63, 3.8) is 0 Å². The molecule has 0 aliphatic carbocycles. The molecule has 15 heavy (non-hydrogen) atoms. The van der Waals surface area contributed by atoms with E-state index in [-0.39, 0.29) is 6.61 Å². The molecule has 0 amide bonds. The van der Waals surface area contributed by atoms with Crippen molar-refractivity contribution < 1.29 is 17.7 Å². The van der Waals surface area contributed by atoms with Gasteiger partial charge in [-0.15, -0.1) is 0 Å². The molecule has 0 aliphatic rings. The van der Waals surface area contributed by atoms with Crippen molar-refractivity contribution >= 4 is 21.5 Å². The van der Waals surface area contributed by atoms with Crippen LogP contribution < -0.4 is 16.2 Å². The molecular weight excluding hydrogens is 220 g/mol. The number of hydrogen-bond acceptors (Lipinski definition) is 5. The molecule has 0 heterocycles. The number of nitrogen functional groups attached to an aromatic ring is 2. The summed E-state index contributed by atoms with van der Waals surface area (Å²) in [5.41, 5.74) is 11.8. The van der Waals surface area contributed by atoms with Crippen LogP contribution in [-0.2, 0) is 10.1 Å². The fourth-order valence-electron chi connectivity index (χ4n) is 0.955. The number of rotatable bonds is 4. The highest BCUT2D eigenvalue weighted by Gasteiger charge is 2.06. The van der Waals surface area contributed by atoms with Crippen LogP contribution in [0.4, 0.5) is 11.4 Å². The van der Waals surface area contributed by atoms with Crippen molar-refractivity contribution in [3.05, 3.63) is 18.2 Å². The Hall–Kier alpha value is -1.47. The maximum absolute atomic E-state index is 10.4. The van der Waals surface area contributed by atoms with Crippen molar-refractivity contribution in [3.8, 4) is 5.75 Å². The van der Waals surface area contributed by atoms with Gasteiger partial charge in [-0.2, -0.15) is 8.42 Å². The van der Waals surface area contributed by atoms with E-state index in [2.05, 4.69) is 0 Å². The first-order valence-corrected chi connectivity index (χ1v) is 5.72. The first-order valence-electron chi connectivity index (χ1n) is 4.11. The van der Waals surface area contributed by atoms with Crippen LogP contribution >= 0.6 is 0 Å². The molecule has 6 nitrogen and oxygen atoms in total. The minimum absolute atomic E-state index is 0.160. The molecule has 5 N–H and O–H groups in total. The summed E-state index contributed by atoms with van der Waals surface area (Å²) in [5, 5.41) is 0. The predicted molar refractivity (Wildman–Crippen MR) is 57.2 cm³/mol. The van der Waals surface area contributed by atoms with Crippen LogP contribution in [0.1, 0.15) is 0 Å². The molecule has 1 rings (SSSR count). The molecular formula is C8H12N2O4S. The summed E-state index contributed by atoms with van der Waals surface area (Å²) in [5.74, 6) is -0.135. The molecule has 7 heteroatoms. The summed E-state index contributed by atoms with van der Waals surface area (Å²) in [6.07, 6.45) is 0. The van der Waals surface area contributed by atoms with Crippen LogP contribution in [-0.4, -0.2) is 25.3 Å². The molecule has 0 saturated heterocycles. The minimum atomic E-state index is -4.01. The number of nitrogens with two attached hydrogens (primary N) is 2. The highest BCUT2D eigenvalue weighted by atomic mass is 32.2. The predicted octanol–water partition coefficient (Wildman–Crippen LogP) is 0.118. The van der Waals surface area contributed by atoms with Crippen molar-refractivity contribution in [2.24, 2.45) is 0 Å². The van der Waals surface area contributed by atoms with E-state index >= 15 is 0 Å². The summed E-state index contributed by atoms with van der Waals surface area (Å²) in [6.45, 7) is -0.160. The van der Waals surface area contributed by atoms with Crippen LogP contribution in [0, 0.1) is 0 Å². The van der Waals surface area contributed by atoms with Gasteiger partial charge in [-0.25, -0.2) is 0 Å². The highest BCUT2D eigenvalue weighted by Crippen LogP contribution is 2.23. The Kier molecular flexibility index (Phi) is 3.38. The van der Waals surface area contributed by atoms with Gasteiger partial charge in [0.25, 0.3) is 10.1 Å². The Morgan fingerprint density at radius 1 is 1.33 bits per heavy atom. The summed E-state index contributed by atoms with van der Waals surface area (Å²) < 4.78 is 34.3. The van der Waals surface area contributed by atoms with Gasteiger partial charge in [-0.05, 0) is 18.2 Å². The van der Waals surface area contributed by atoms with E-state index < -0.39 is 15.9 Å². The minimum Gasteiger partial charge on any atom is -0.490 e. The Bertz CT molecular complexity index is 444. The second-order valence-electron chi connectivity index (χ2n) is 2.93. The smallest absolute Gasteiger partial charge is 0.268 e. The normalized spacial score (nSPS) is 11.3. The van der Waals surface area contributed by atoms with Gasteiger partial charge in [-0.3, -0.25) is 4.55 Å². The zero-order chi connectivity index (χ0) is 11.5. The molecule has 1 aromatic carbocycles. The Morgan fingerprint density at radius 2 is 2.00 bits per heavy atom. The third kappa shape index (κ3) is 4.05. The number of hydrogen-bond donors (Lipinski definition) is 3. The molecule has 84 valence electrons. The summed E-state index contributed by atoms with van der Waals surface area (Å²) >= 11 is 0. The molecule has 0 fully saturated rings. The van der Waals surface area contributed by atoms with Gasteiger partial charge in [-0.1, -0.05) is 0 Å². The van der Waals surface area contributed by atoms with Crippen molar-refractivity contribution in [2.75, 3.05) is 23.8 Å². The molecule has 0 spiro atoms. The van der Waals surface area contributed by atoms with Gasteiger partial charge in [0, 0.05) is 5.69 Å². The van der Waals surface area contributed by atoms with Crippen LogP contribution in [0.3, 0.4) is 0 Å². The van der Waals surface area contributed by atoms with Gasteiger partial charge in [0.15, 0.2) is 0 Å². The van der Waals surface area contributed by atoms with E-state index in [1.54, 1.807) is 6.07 Å². The van der Waals surface area contributed by atoms with E-state index in [9.17, 15) is 8.42 Å². The van der Waals surface area contributed by atoms with E-state index in [4.69, 9.17) is 20.8 Å². The summed E-state index contributed by atoms with van der Waals surface area (Å²) in [6, 6.07) is 4.62. The van der Waals surface area contributed by atoms with Gasteiger partial charge in [0.2, 0.25) is 0 Å². The van der Waals surface area contributed by atoms with E-state index in [1.807, 2.05) is 0 Å². The largest absolute Gasteiger partial charge is 0.490 e. The van der Waals surface area contributed by atoms with Crippen molar-refractivity contribution in [1.29, 1.82) is 0 Å². The van der Waals surface area contributed by atoms with Crippen molar-refractivity contribution in [1.82, 2.24) is 0 Å². The Morgan fingerprint density at radius 3 is 2.53 bits per heavy atom. The molecule has 0 bridgehead atoms. The van der Waals surface area contributed by atoms with Crippen LogP contribution in [0.5, 0.6) is 5.75 Å². The molecule has 0 radical (unpaired) electrons. The lowest BCUT2D eigenvalue weighted by atomic mass is 10.2. The fourth-order valence-corrected chi connectivity index (χ4v) is 1.25. The standard InChI is InChI=1S/C8H12N2O4S/c9-6-1-2-8(7(10)5-6)14-3-4-15(11,12)13/h1-2,5H,3-4,9-10H2,(H,11,12,13). The summed E-state index contributed by atoms with van der Waals surface area (Å²) in [7, 11) is -4.01. The maximum atomic E-state index is 10.4. The number of ether oxygens (including phenoxy) is 1. The topological polar surface area (TPSA) is 116 Å². The molecule has 1 aromatic rings. The third-order valence-electron chi connectivity index (χ3n) is 1.63. The van der Waals surface area contributed by atoms with E-state index in [0.717, 1.165) is 0 Å². The second-order valence-corrected chi connectivity index (χ2v) is 4.50. The van der Waals surface area contributed by atoms with Gasteiger partial charge < -0.3 is 16.2 Å². The van der Waals surface area contributed by atoms with Crippen LogP contribution in [0.2, 0.25) is 0 Å². The molecule has 0 unspecified atom stereocenters. The average molecular weight is 232 g/mol. The highest BCUT2D eigenvalue weighted by molar-refractivity contribution is 7.85. The second kappa shape index (κ2) is 4.37. The SMILES string of the molecule is Nc1ccc(OCCS(=O)(=O)O)c(N)c1. The molecule has 0 saturated carbocycles. The quantitative estimate of drug-likeness (QED) is 0.501. The zero-order valence-electron chi connectivity index (χ0n) is 7.88. The Balaban J connectivity index is 2.59. The number of anilines is 2. The number of benzene rings is 1. The lowest BCUT2D eigenvalue weighted by molar-refractivity contribution is 0.337. The molecule has 0 atom stereocenters. The van der Waals surface area contributed by atoms with Crippen molar-refractivity contribution in [2.45, 2.75) is 0 Å². The van der Waals surface area contributed by atoms with Crippen LogP contribution in [0.15, 0.2) is 18.2 Å². The third-order valence-corrected chi connectivity index (χ3v) is 2.32. The van der Waals surface area contributed by atoms with Crippen LogP contribution in [0.25, 0.3) is 0 Å². The maximum Gasteiger partial charge on any atom is 0.268 e. The van der Waals surface area contributed by atoms with E-state index in [1.165, 1.54) is 12.1 Å². The van der Waals surface area contributed by atoms with Gasteiger partial charge >= 0.3 is 0 Å². The van der Waals surface area contributed by atoms with Gasteiger partial charge in [0.05, 0.1) is 5.69 Å². The lowest BCUT2D eigenvalue weighted by Gasteiger charge is -2.08. The van der Waals surface area contributed by atoms with Gasteiger partial charge in [0.1, 0.15) is 18.1 Å². The zero-order valence-corrected chi connectivity index (χ0v) is 8.70. The fraction of sp³-hybridized carbons (Fsp3) is 0.250.